The molecule has 2 aromatic carbocycles. The number of hydrogen-bond donors (Lipinski definition) is 1. The van der Waals surface area contributed by atoms with E-state index in [9.17, 15) is 18.5 Å². The monoisotopic (exact) mass is 454 g/mol. The Labute approximate surface area is 178 Å². The Morgan fingerprint density at radius 3 is 2.60 bits per heavy atom. The van der Waals surface area contributed by atoms with E-state index in [-0.39, 0.29) is 13.2 Å². The van der Waals surface area contributed by atoms with Gasteiger partial charge in [0.2, 0.25) is 10.0 Å². The average Bonchev–Trinajstić information content (AvgIpc) is 3.18. The molecule has 2 bridgehead atoms. The summed E-state index contributed by atoms with van der Waals surface area (Å²) in [4.78, 5) is 10.0. The predicted molar refractivity (Wildman–Crippen MR) is 106 cm³/mol. The summed E-state index contributed by atoms with van der Waals surface area (Å²) in [5, 5.41) is 10.4. The van der Waals surface area contributed by atoms with E-state index in [1.54, 1.807) is 0 Å². The summed E-state index contributed by atoms with van der Waals surface area (Å²) in [5.74, 6) is 0. The van der Waals surface area contributed by atoms with Crippen LogP contribution in [0.1, 0.15) is 5.56 Å². The first kappa shape index (κ1) is 21.2. The van der Waals surface area contributed by atoms with Gasteiger partial charge < -0.3 is 14.2 Å². The van der Waals surface area contributed by atoms with Crippen molar-refractivity contribution in [3.8, 4) is 0 Å². The highest BCUT2D eigenvalue weighted by molar-refractivity contribution is 7.89. The van der Waals surface area contributed by atoms with Crippen LogP contribution in [0.4, 0.5) is 5.69 Å². The maximum absolute atomic E-state index is 12.9. The number of nitrogens with zero attached hydrogens (tertiary/aromatic N) is 1. The number of fused-ring (bicyclic) bond motifs is 2. The number of nitrogens with one attached hydrogen (secondary N) is 1. The van der Waals surface area contributed by atoms with Crippen LogP contribution in [0, 0.1) is 10.1 Å². The number of hydrogen-bond acceptors (Lipinski definition) is 7. The Balaban J connectivity index is 1.54. The minimum absolute atomic E-state index is 0.205. The zero-order chi connectivity index (χ0) is 21.3. The molecule has 2 heterocycles. The summed E-state index contributed by atoms with van der Waals surface area (Å²) >= 11 is 6.59. The fraction of sp³-hybridized carbons (Fsp3) is 0.368. The van der Waals surface area contributed by atoms with E-state index in [0.717, 1.165) is 17.7 Å². The van der Waals surface area contributed by atoms with Crippen LogP contribution < -0.4 is 4.72 Å². The third kappa shape index (κ3) is 4.20. The second-order valence-corrected chi connectivity index (χ2v) is 9.14. The van der Waals surface area contributed by atoms with Crippen LogP contribution in [-0.4, -0.2) is 49.9 Å². The molecular formula is C19H19ClN2O7S. The number of halogens is 1. The lowest BCUT2D eigenvalue weighted by Gasteiger charge is -2.37. The molecule has 0 aliphatic carbocycles. The van der Waals surface area contributed by atoms with E-state index in [1.807, 2.05) is 30.3 Å². The van der Waals surface area contributed by atoms with Gasteiger partial charge in [-0.1, -0.05) is 42.5 Å². The molecule has 2 aliphatic rings. The van der Waals surface area contributed by atoms with E-state index in [4.69, 9.17) is 25.8 Å². The molecule has 0 unspecified atom stereocenters. The van der Waals surface area contributed by atoms with E-state index in [2.05, 4.69) is 4.72 Å². The van der Waals surface area contributed by atoms with Crippen molar-refractivity contribution in [2.45, 2.75) is 41.4 Å². The molecule has 160 valence electrons. The number of nitro groups is 1. The normalized spacial score (nSPS) is 28.4. The van der Waals surface area contributed by atoms with Crippen molar-refractivity contribution >= 4 is 27.3 Å². The van der Waals surface area contributed by atoms with Gasteiger partial charge in [-0.05, 0) is 11.6 Å². The molecule has 11 heteroatoms. The molecule has 1 N–H and O–H groups in total. The maximum atomic E-state index is 12.9. The standard InChI is InChI=1S/C19H19ClN2O7S/c20-16-17(21-30(25,26)15-9-5-4-8-13(15)22(23)24)19-28-11-14(29-19)18(16)27-10-12-6-2-1-3-7-12/h1-9,14,16-19,21H,10-11H2/t14-,16-,17-,18-,19-/m1/s1. The fourth-order valence-electron chi connectivity index (χ4n) is 3.52. The van der Waals surface area contributed by atoms with Crippen molar-refractivity contribution in [2.75, 3.05) is 6.61 Å². The van der Waals surface area contributed by atoms with Crippen LogP contribution in [-0.2, 0) is 30.8 Å². The minimum Gasteiger partial charge on any atom is -0.369 e. The van der Waals surface area contributed by atoms with Crippen molar-refractivity contribution in [1.82, 2.24) is 4.72 Å². The van der Waals surface area contributed by atoms with Crippen molar-refractivity contribution in [2.24, 2.45) is 0 Å². The summed E-state index contributed by atoms with van der Waals surface area (Å²) in [6.45, 7) is 0.472. The summed E-state index contributed by atoms with van der Waals surface area (Å²) in [7, 11) is -4.28. The highest BCUT2D eigenvalue weighted by atomic mass is 35.5. The number of ether oxygens (including phenoxy) is 3. The van der Waals surface area contributed by atoms with Gasteiger partial charge in [0.1, 0.15) is 12.2 Å². The van der Waals surface area contributed by atoms with Gasteiger partial charge in [0, 0.05) is 6.07 Å². The molecule has 2 aromatic rings. The zero-order valence-electron chi connectivity index (χ0n) is 15.6. The third-order valence-corrected chi connectivity index (χ3v) is 7.00. The molecule has 2 saturated heterocycles. The maximum Gasteiger partial charge on any atom is 0.289 e. The van der Waals surface area contributed by atoms with Crippen molar-refractivity contribution < 1.29 is 27.6 Å². The second kappa shape index (κ2) is 8.58. The smallest absolute Gasteiger partial charge is 0.289 e. The lowest BCUT2D eigenvalue weighted by atomic mass is 10.0. The first-order valence-electron chi connectivity index (χ1n) is 9.19. The van der Waals surface area contributed by atoms with Gasteiger partial charge in [0.15, 0.2) is 11.2 Å². The largest absolute Gasteiger partial charge is 0.369 e. The lowest BCUT2D eigenvalue weighted by Crippen LogP contribution is -2.59. The number of alkyl halides is 1. The highest BCUT2D eigenvalue weighted by Gasteiger charge is 2.52. The van der Waals surface area contributed by atoms with Gasteiger partial charge in [-0.15, -0.1) is 11.6 Å². The van der Waals surface area contributed by atoms with Gasteiger partial charge in [-0.25, -0.2) is 13.1 Å². The van der Waals surface area contributed by atoms with Crippen LogP contribution in [0.5, 0.6) is 0 Å². The summed E-state index contributed by atoms with van der Waals surface area (Å²) in [5.41, 5.74) is 0.398. The Kier molecular flexibility index (Phi) is 6.05. The van der Waals surface area contributed by atoms with Gasteiger partial charge >= 0.3 is 0 Å². The van der Waals surface area contributed by atoms with Crippen molar-refractivity contribution in [3.05, 3.63) is 70.3 Å². The van der Waals surface area contributed by atoms with E-state index < -0.39 is 55.4 Å². The summed E-state index contributed by atoms with van der Waals surface area (Å²) in [6, 6.07) is 13.5. The number of benzene rings is 2. The average molecular weight is 455 g/mol. The Morgan fingerprint density at radius 1 is 1.17 bits per heavy atom. The van der Waals surface area contributed by atoms with Crippen LogP contribution in [0.25, 0.3) is 0 Å². The molecule has 0 amide bonds. The molecule has 0 spiro atoms. The topological polar surface area (TPSA) is 117 Å². The fourth-order valence-corrected chi connectivity index (χ4v) is 5.44. The Morgan fingerprint density at radius 2 is 1.87 bits per heavy atom. The van der Waals surface area contributed by atoms with Crippen LogP contribution in [0.3, 0.4) is 0 Å². The molecular weight excluding hydrogens is 436 g/mol. The van der Waals surface area contributed by atoms with Gasteiger partial charge in [0.05, 0.1) is 29.6 Å². The lowest BCUT2D eigenvalue weighted by molar-refractivity contribution is -0.387. The number of para-hydroxylation sites is 1. The molecule has 2 fully saturated rings. The molecule has 0 aromatic heterocycles. The highest BCUT2D eigenvalue weighted by Crippen LogP contribution is 2.35. The van der Waals surface area contributed by atoms with Gasteiger partial charge in [0.25, 0.3) is 5.69 Å². The second-order valence-electron chi connectivity index (χ2n) is 6.95. The summed E-state index contributed by atoms with van der Waals surface area (Å²) < 4.78 is 45.5. The number of rotatable bonds is 7. The SMILES string of the molecule is O=[N+]([O-])c1ccccc1S(=O)(=O)N[C@H]1[C@@H]2OC[C@@H](O2)[C@@H](OCc2ccccc2)[C@@H]1Cl. The first-order valence-corrected chi connectivity index (χ1v) is 11.1. The molecule has 4 rings (SSSR count). The summed E-state index contributed by atoms with van der Waals surface area (Å²) in [6.07, 6.45) is -1.98. The van der Waals surface area contributed by atoms with Gasteiger partial charge in [-0.2, -0.15) is 0 Å². The molecule has 0 radical (unpaired) electrons. The van der Waals surface area contributed by atoms with Crippen LogP contribution in [0.2, 0.25) is 0 Å². The number of sulfonamides is 1. The molecule has 30 heavy (non-hydrogen) atoms. The zero-order valence-corrected chi connectivity index (χ0v) is 17.2. The van der Waals surface area contributed by atoms with Crippen molar-refractivity contribution in [3.63, 3.8) is 0 Å². The van der Waals surface area contributed by atoms with Crippen LogP contribution >= 0.6 is 11.6 Å². The predicted octanol–water partition coefficient (Wildman–Crippen LogP) is 2.19. The third-order valence-electron chi connectivity index (χ3n) is 4.98. The van der Waals surface area contributed by atoms with Crippen molar-refractivity contribution in [1.29, 1.82) is 0 Å². The first-order chi connectivity index (χ1) is 14.4. The molecule has 0 saturated carbocycles. The van der Waals surface area contributed by atoms with Crippen LogP contribution in [0.15, 0.2) is 59.5 Å². The molecule has 2 aliphatic heterocycles. The number of nitro benzene ring substituents is 1. The van der Waals surface area contributed by atoms with E-state index in [1.165, 1.54) is 12.1 Å². The molecule has 9 nitrogen and oxygen atoms in total. The Hall–Kier alpha value is -2.08. The minimum atomic E-state index is -4.28. The van der Waals surface area contributed by atoms with E-state index in [0.29, 0.717) is 0 Å². The van der Waals surface area contributed by atoms with E-state index >= 15 is 0 Å². The molecule has 5 atom stereocenters. The quantitative estimate of drug-likeness (QED) is 0.387. The Bertz CT molecular complexity index is 1020. The van der Waals surface area contributed by atoms with Gasteiger partial charge in [-0.3, -0.25) is 10.1 Å².